The van der Waals surface area contributed by atoms with Crippen LogP contribution in [-0.2, 0) is 10.0 Å². The highest BCUT2D eigenvalue weighted by Crippen LogP contribution is 2.28. The first kappa shape index (κ1) is 20.7. The zero-order valence-corrected chi connectivity index (χ0v) is 17.5. The quantitative estimate of drug-likeness (QED) is 0.528. The van der Waals surface area contributed by atoms with Crippen LogP contribution in [0.4, 0.5) is 10.2 Å². The van der Waals surface area contributed by atoms with Crippen LogP contribution in [0.15, 0.2) is 30.7 Å². The summed E-state index contributed by atoms with van der Waals surface area (Å²) >= 11 is 0. The summed E-state index contributed by atoms with van der Waals surface area (Å²) < 4.78 is 41.8. The van der Waals surface area contributed by atoms with Gasteiger partial charge in [-0.1, -0.05) is 19.8 Å². The van der Waals surface area contributed by atoms with Crippen LogP contribution in [0, 0.1) is 5.82 Å². The van der Waals surface area contributed by atoms with Crippen molar-refractivity contribution in [2.75, 3.05) is 11.1 Å². The Balaban J connectivity index is 1.60. The summed E-state index contributed by atoms with van der Waals surface area (Å²) in [5, 5.41) is 3.98. The summed E-state index contributed by atoms with van der Waals surface area (Å²) in [4.78, 5) is 15.9. The monoisotopic (exact) mass is 432 g/mol. The summed E-state index contributed by atoms with van der Waals surface area (Å²) in [6.07, 6.45) is 8.42. The Morgan fingerprint density at radius 1 is 1.23 bits per heavy atom. The SMILES string of the molecule is CCCS(=O)(=O)NC1CCCCC1Nc1nc(-c2c[nH]c3ncccc23)ncc1F. The van der Waals surface area contributed by atoms with Gasteiger partial charge in [-0.3, -0.25) is 0 Å². The van der Waals surface area contributed by atoms with E-state index in [1.54, 1.807) is 12.4 Å². The van der Waals surface area contributed by atoms with E-state index in [-0.39, 0.29) is 23.7 Å². The molecule has 8 nitrogen and oxygen atoms in total. The van der Waals surface area contributed by atoms with Gasteiger partial charge >= 0.3 is 0 Å². The molecule has 0 amide bonds. The molecule has 30 heavy (non-hydrogen) atoms. The van der Waals surface area contributed by atoms with Gasteiger partial charge in [-0.25, -0.2) is 32.5 Å². The molecule has 1 aliphatic carbocycles. The second-order valence-corrected chi connectivity index (χ2v) is 9.44. The lowest BCUT2D eigenvalue weighted by Crippen LogP contribution is -2.49. The number of halogens is 1. The third kappa shape index (κ3) is 4.44. The van der Waals surface area contributed by atoms with Crippen LogP contribution < -0.4 is 10.0 Å². The Bertz CT molecular complexity index is 1130. The molecule has 0 spiro atoms. The molecule has 3 N–H and O–H groups in total. The van der Waals surface area contributed by atoms with Crippen molar-refractivity contribution in [1.82, 2.24) is 24.7 Å². The van der Waals surface area contributed by atoms with E-state index in [2.05, 4.69) is 30.0 Å². The Kier molecular flexibility index (Phi) is 5.96. The highest BCUT2D eigenvalue weighted by Gasteiger charge is 2.29. The third-order valence-electron chi connectivity index (χ3n) is 5.33. The number of nitrogens with one attached hydrogen (secondary N) is 3. The molecule has 3 aromatic rings. The largest absolute Gasteiger partial charge is 0.363 e. The molecule has 1 fully saturated rings. The van der Waals surface area contributed by atoms with Crippen molar-refractivity contribution in [3.05, 3.63) is 36.5 Å². The maximum absolute atomic E-state index is 14.5. The van der Waals surface area contributed by atoms with Crippen molar-refractivity contribution in [2.45, 2.75) is 51.1 Å². The van der Waals surface area contributed by atoms with Crippen LogP contribution in [0.3, 0.4) is 0 Å². The molecule has 3 aromatic heterocycles. The summed E-state index contributed by atoms with van der Waals surface area (Å²) in [7, 11) is -3.36. The maximum Gasteiger partial charge on any atom is 0.211 e. The Labute approximate surface area is 174 Å². The van der Waals surface area contributed by atoms with Gasteiger partial charge in [0.25, 0.3) is 0 Å². The van der Waals surface area contributed by atoms with Gasteiger partial charge in [0.05, 0.1) is 11.9 Å². The van der Waals surface area contributed by atoms with E-state index in [9.17, 15) is 12.8 Å². The van der Waals surface area contributed by atoms with Crippen molar-refractivity contribution in [1.29, 1.82) is 0 Å². The highest BCUT2D eigenvalue weighted by atomic mass is 32.2. The average Bonchev–Trinajstić information content (AvgIpc) is 3.15. The molecule has 2 unspecified atom stereocenters. The van der Waals surface area contributed by atoms with Crippen LogP contribution >= 0.6 is 0 Å². The van der Waals surface area contributed by atoms with E-state index in [0.717, 1.165) is 36.4 Å². The summed E-state index contributed by atoms with van der Waals surface area (Å²) in [6.45, 7) is 1.83. The number of hydrogen-bond acceptors (Lipinski definition) is 6. The minimum absolute atomic E-state index is 0.0739. The highest BCUT2D eigenvalue weighted by molar-refractivity contribution is 7.89. The number of hydrogen-bond donors (Lipinski definition) is 3. The first-order chi connectivity index (χ1) is 14.5. The first-order valence-corrected chi connectivity index (χ1v) is 11.8. The molecule has 0 radical (unpaired) electrons. The number of fused-ring (bicyclic) bond motifs is 1. The van der Waals surface area contributed by atoms with E-state index >= 15 is 0 Å². The predicted octanol–water partition coefficient (Wildman–Crippen LogP) is 3.21. The molecule has 160 valence electrons. The summed E-state index contributed by atoms with van der Waals surface area (Å²) in [6, 6.07) is 3.17. The van der Waals surface area contributed by atoms with Crippen LogP contribution in [0.1, 0.15) is 39.0 Å². The number of anilines is 1. The van der Waals surface area contributed by atoms with Gasteiger partial charge in [0.2, 0.25) is 10.0 Å². The van der Waals surface area contributed by atoms with Gasteiger partial charge in [-0.05, 0) is 31.4 Å². The van der Waals surface area contributed by atoms with Gasteiger partial charge in [-0.15, -0.1) is 0 Å². The normalized spacial score (nSPS) is 19.8. The van der Waals surface area contributed by atoms with Crippen molar-refractivity contribution in [3.63, 3.8) is 0 Å². The average molecular weight is 433 g/mol. The minimum atomic E-state index is -3.36. The number of nitrogens with zero attached hydrogens (tertiary/aromatic N) is 3. The van der Waals surface area contributed by atoms with Crippen molar-refractivity contribution in [3.8, 4) is 11.4 Å². The Morgan fingerprint density at radius 3 is 2.83 bits per heavy atom. The van der Waals surface area contributed by atoms with Crippen molar-refractivity contribution < 1.29 is 12.8 Å². The van der Waals surface area contributed by atoms with Crippen LogP contribution in [-0.4, -0.2) is 46.2 Å². The zero-order chi connectivity index (χ0) is 21.1. The van der Waals surface area contributed by atoms with Gasteiger partial charge in [0, 0.05) is 35.4 Å². The lowest BCUT2D eigenvalue weighted by atomic mass is 9.91. The van der Waals surface area contributed by atoms with E-state index in [4.69, 9.17) is 0 Å². The molecular weight excluding hydrogens is 407 g/mol. The van der Waals surface area contributed by atoms with Crippen molar-refractivity contribution >= 4 is 26.9 Å². The minimum Gasteiger partial charge on any atom is -0.363 e. The lowest BCUT2D eigenvalue weighted by molar-refractivity contribution is 0.377. The molecule has 0 aromatic carbocycles. The van der Waals surface area contributed by atoms with Gasteiger partial charge in [0.15, 0.2) is 17.5 Å². The van der Waals surface area contributed by atoms with Crippen molar-refractivity contribution in [2.24, 2.45) is 0 Å². The van der Waals surface area contributed by atoms with E-state index in [0.29, 0.717) is 24.3 Å². The molecule has 10 heteroatoms. The zero-order valence-electron chi connectivity index (χ0n) is 16.7. The van der Waals surface area contributed by atoms with Crippen LogP contribution in [0.25, 0.3) is 22.4 Å². The first-order valence-electron chi connectivity index (χ1n) is 10.2. The molecule has 4 rings (SSSR count). The number of sulfonamides is 1. The van der Waals surface area contributed by atoms with Gasteiger partial charge in [0.1, 0.15) is 5.65 Å². The number of aromatic nitrogens is 4. The fraction of sp³-hybridized carbons (Fsp3) is 0.450. The molecule has 0 aliphatic heterocycles. The molecular formula is C20H25FN6O2S. The van der Waals surface area contributed by atoms with Gasteiger partial charge < -0.3 is 10.3 Å². The molecule has 0 bridgehead atoms. The summed E-state index contributed by atoms with van der Waals surface area (Å²) in [5.41, 5.74) is 1.43. The fourth-order valence-corrected chi connectivity index (χ4v) is 5.32. The van der Waals surface area contributed by atoms with E-state index in [1.807, 2.05) is 19.1 Å². The van der Waals surface area contributed by atoms with E-state index < -0.39 is 15.8 Å². The third-order valence-corrected chi connectivity index (χ3v) is 6.94. The lowest BCUT2D eigenvalue weighted by Gasteiger charge is -2.33. The number of pyridine rings is 1. The molecule has 2 atom stereocenters. The molecule has 1 saturated carbocycles. The molecule has 1 aliphatic rings. The van der Waals surface area contributed by atoms with Crippen LogP contribution in [0.2, 0.25) is 0 Å². The standard InChI is InChI=1S/C20H25FN6O2S/c1-2-10-30(28,29)27-17-8-4-3-7-16(17)25-20-15(21)12-24-19(26-20)14-11-23-18-13(14)6-5-9-22-18/h5-6,9,11-12,16-17,27H,2-4,7-8,10H2,1H3,(H,22,23)(H,24,25,26). The number of aromatic amines is 1. The number of H-pyrrole nitrogens is 1. The van der Waals surface area contributed by atoms with Crippen LogP contribution in [0.5, 0.6) is 0 Å². The second-order valence-electron chi connectivity index (χ2n) is 7.57. The van der Waals surface area contributed by atoms with Gasteiger partial charge in [-0.2, -0.15) is 0 Å². The van der Waals surface area contributed by atoms with E-state index in [1.165, 1.54) is 0 Å². The molecule has 3 heterocycles. The Morgan fingerprint density at radius 2 is 2.03 bits per heavy atom. The molecule has 0 saturated heterocycles. The maximum atomic E-state index is 14.5. The fourth-order valence-electron chi connectivity index (χ4n) is 3.92. The summed E-state index contributed by atoms with van der Waals surface area (Å²) in [5.74, 6) is -0.0454. The smallest absolute Gasteiger partial charge is 0.211 e. The topological polar surface area (TPSA) is 113 Å². The second kappa shape index (κ2) is 8.65. The predicted molar refractivity (Wildman–Crippen MR) is 114 cm³/mol. The Hall–Kier alpha value is -2.59. The number of rotatable bonds is 7.